The van der Waals surface area contributed by atoms with Crippen LogP contribution in [0.25, 0.3) is 16.9 Å². The van der Waals surface area contributed by atoms with E-state index in [0.29, 0.717) is 28.5 Å². The lowest BCUT2D eigenvalue weighted by Crippen LogP contribution is -2.13. The fourth-order valence-corrected chi connectivity index (χ4v) is 4.14. The van der Waals surface area contributed by atoms with Gasteiger partial charge < -0.3 is 5.32 Å². The molecule has 34 heavy (non-hydrogen) atoms. The summed E-state index contributed by atoms with van der Waals surface area (Å²) in [6.07, 6.45) is 3.44. The van der Waals surface area contributed by atoms with Crippen molar-refractivity contribution in [1.82, 2.24) is 19.6 Å². The van der Waals surface area contributed by atoms with Crippen LogP contribution in [0.2, 0.25) is 5.02 Å². The van der Waals surface area contributed by atoms with Crippen molar-refractivity contribution >= 4 is 23.2 Å². The van der Waals surface area contributed by atoms with E-state index in [2.05, 4.69) is 10.4 Å². The number of carbonyl (C=O) groups is 1. The number of nitrogens with one attached hydrogen (secondary N) is 1. The van der Waals surface area contributed by atoms with E-state index in [1.165, 1.54) is 0 Å². The minimum atomic E-state index is -0.235. The van der Waals surface area contributed by atoms with Gasteiger partial charge in [-0.25, -0.2) is 4.68 Å². The second-order valence-electron chi connectivity index (χ2n) is 7.93. The Bertz CT molecular complexity index is 1440. The van der Waals surface area contributed by atoms with Gasteiger partial charge in [0.2, 0.25) is 0 Å². The smallest absolute Gasteiger partial charge is 0.259 e. The Morgan fingerprint density at radius 3 is 2.44 bits per heavy atom. The van der Waals surface area contributed by atoms with Crippen LogP contribution in [0.5, 0.6) is 0 Å². The predicted molar refractivity (Wildman–Crippen MR) is 134 cm³/mol. The average molecular weight is 468 g/mol. The van der Waals surface area contributed by atoms with Crippen LogP contribution < -0.4 is 5.32 Å². The molecule has 0 aliphatic carbocycles. The van der Waals surface area contributed by atoms with Crippen LogP contribution in [0, 0.1) is 6.92 Å². The fraction of sp³-hybridized carbons (Fsp3) is 0.0741. The zero-order chi connectivity index (χ0) is 23.5. The summed E-state index contributed by atoms with van der Waals surface area (Å²) in [5.41, 5.74) is 5.32. The van der Waals surface area contributed by atoms with Crippen LogP contribution in [0.1, 0.15) is 21.6 Å². The highest BCUT2D eigenvalue weighted by atomic mass is 35.5. The molecule has 1 amide bonds. The molecule has 0 spiro atoms. The van der Waals surface area contributed by atoms with Gasteiger partial charge in [-0.1, -0.05) is 72.3 Å². The van der Waals surface area contributed by atoms with Gasteiger partial charge in [0, 0.05) is 16.8 Å². The van der Waals surface area contributed by atoms with Crippen molar-refractivity contribution < 1.29 is 4.79 Å². The van der Waals surface area contributed by atoms with E-state index in [0.717, 1.165) is 22.5 Å². The molecule has 2 heterocycles. The normalized spacial score (nSPS) is 10.9. The molecule has 168 valence electrons. The summed E-state index contributed by atoms with van der Waals surface area (Å²) in [6, 6.07) is 27.1. The van der Waals surface area contributed by atoms with Crippen molar-refractivity contribution in [2.45, 2.75) is 13.5 Å². The first kappa shape index (κ1) is 21.7. The molecule has 0 saturated carbocycles. The minimum Gasteiger partial charge on any atom is -0.319 e. The van der Waals surface area contributed by atoms with Gasteiger partial charge in [-0.3, -0.25) is 9.48 Å². The van der Waals surface area contributed by atoms with Crippen molar-refractivity contribution in [3.05, 3.63) is 119 Å². The SMILES string of the molecule is Cc1c(C(=O)Nc2cnn(Cc3cccc(Cl)c3)c2)c(-c2ccccc2)nn1-c1ccccc1. The first-order valence-corrected chi connectivity index (χ1v) is 11.2. The number of hydrogen-bond donors (Lipinski definition) is 1. The first-order valence-electron chi connectivity index (χ1n) is 10.9. The molecule has 0 saturated heterocycles. The maximum absolute atomic E-state index is 13.5. The van der Waals surface area contributed by atoms with Crippen LogP contribution in [0.4, 0.5) is 5.69 Å². The zero-order valence-electron chi connectivity index (χ0n) is 18.5. The van der Waals surface area contributed by atoms with Gasteiger partial charge in [0.05, 0.1) is 35.4 Å². The molecule has 2 aromatic heterocycles. The minimum absolute atomic E-state index is 0.235. The molecule has 0 bridgehead atoms. The Morgan fingerprint density at radius 1 is 0.971 bits per heavy atom. The third-order valence-electron chi connectivity index (χ3n) is 5.52. The fourth-order valence-electron chi connectivity index (χ4n) is 3.92. The molecule has 0 unspecified atom stereocenters. The average Bonchev–Trinajstić information content (AvgIpc) is 3.43. The molecule has 0 radical (unpaired) electrons. The van der Waals surface area contributed by atoms with Gasteiger partial charge >= 0.3 is 0 Å². The number of amides is 1. The van der Waals surface area contributed by atoms with Gasteiger partial charge in [-0.15, -0.1) is 0 Å². The third kappa shape index (κ3) is 4.49. The number of benzene rings is 3. The molecule has 5 aromatic rings. The Balaban J connectivity index is 1.46. The summed E-state index contributed by atoms with van der Waals surface area (Å²) in [7, 11) is 0. The van der Waals surface area contributed by atoms with E-state index in [-0.39, 0.29) is 5.91 Å². The highest BCUT2D eigenvalue weighted by molar-refractivity contribution is 6.30. The maximum atomic E-state index is 13.5. The molecular formula is C27H22ClN5O. The van der Waals surface area contributed by atoms with Gasteiger partial charge in [-0.2, -0.15) is 10.2 Å². The maximum Gasteiger partial charge on any atom is 0.259 e. The molecule has 0 fully saturated rings. The van der Waals surface area contributed by atoms with E-state index in [1.807, 2.05) is 91.9 Å². The first-order chi connectivity index (χ1) is 16.6. The van der Waals surface area contributed by atoms with Gasteiger partial charge in [-0.05, 0) is 36.8 Å². The lowest BCUT2D eigenvalue weighted by Gasteiger charge is -2.06. The van der Waals surface area contributed by atoms with Gasteiger partial charge in [0.1, 0.15) is 5.69 Å². The van der Waals surface area contributed by atoms with E-state index in [1.54, 1.807) is 21.8 Å². The molecule has 0 aliphatic rings. The summed E-state index contributed by atoms with van der Waals surface area (Å²) >= 11 is 6.08. The van der Waals surface area contributed by atoms with Crippen molar-refractivity contribution in [3.63, 3.8) is 0 Å². The molecular weight excluding hydrogens is 446 g/mol. The summed E-state index contributed by atoms with van der Waals surface area (Å²) in [4.78, 5) is 13.5. The van der Waals surface area contributed by atoms with E-state index >= 15 is 0 Å². The molecule has 3 aromatic carbocycles. The van der Waals surface area contributed by atoms with Crippen molar-refractivity contribution in [3.8, 4) is 16.9 Å². The standard InChI is InChI=1S/C27H22ClN5O/c1-19-25(26(21-10-4-2-5-11-21)31-33(19)24-13-6-3-7-14-24)27(34)30-23-16-29-32(18-23)17-20-9-8-12-22(28)15-20/h2-16,18H,17H2,1H3,(H,30,34). The Labute approximate surface area is 202 Å². The quantitative estimate of drug-likeness (QED) is 0.333. The topological polar surface area (TPSA) is 64.7 Å². The highest BCUT2D eigenvalue weighted by Gasteiger charge is 2.23. The Hall–Kier alpha value is -4.16. The Morgan fingerprint density at radius 2 is 1.71 bits per heavy atom. The molecule has 0 aliphatic heterocycles. The number of aromatic nitrogens is 4. The number of rotatable bonds is 6. The lowest BCUT2D eigenvalue weighted by atomic mass is 10.1. The largest absolute Gasteiger partial charge is 0.319 e. The lowest BCUT2D eigenvalue weighted by molar-refractivity contribution is 0.102. The zero-order valence-corrected chi connectivity index (χ0v) is 19.3. The molecule has 0 atom stereocenters. The van der Waals surface area contributed by atoms with Crippen molar-refractivity contribution in [2.24, 2.45) is 0 Å². The second kappa shape index (κ2) is 9.37. The molecule has 6 nitrogen and oxygen atoms in total. The number of carbonyl (C=O) groups excluding carboxylic acids is 1. The molecule has 1 N–H and O–H groups in total. The summed E-state index contributed by atoms with van der Waals surface area (Å²) in [5, 5.41) is 12.9. The number of halogens is 1. The van der Waals surface area contributed by atoms with Crippen LogP contribution >= 0.6 is 11.6 Å². The molecule has 7 heteroatoms. The van der Waals surface area contributed by atoms with Gasteiger partial charge in [0.15, 0.2) is 0 Å². The van der Waals surface area contributed by atoms with Crippen LogP contribution in [-0.4, -0.2) is 25.5 Å². The second-order valence-corrected chi connectivity index (χ2v) is 8.37. The monoisotopic (exact) mass is 467 g/mol. The number of anilines is 1. The Kier molecular flexibility index (Phi) is 5.97. The summed E-state index contributed by atoms with van der Waals surface area (Å²) in [6.45, 7) is 2.46. The predicted octanol–water partition coefficient (Wildman–Crippen LogP) is 6.00. The molecule has 5 rings (SSSR count). The van der Waals surface area contributed by atoms with Crippen molar-refractivity contribution in [2.75, 3.05) is 5.32 Å². The van der Waals surface area contributed by atoms with Gasteiger partial charge in [0.25, 0.3) is 5.91 Å². The van der Waals surface area contributed by atoms with E-state index < -0.39 is 0 Å². The van der Waals surface area contributed by atoms with Crippen LogP contribution in [0.15, 0.2) is 97.3 Å². The van der Waals surface area contributed by atoms with Crippen LogP contribution in [-0.2, 0) is 6.54 Å². The van der Waals surface area contributed by atoms with Crippen molar-refractivity contribution in [1.29, 1.82) is 0 Å². The third-order valence-corrected chi connectivity index (χ3v) is 5.75. The summed E-state index contributed by atoms with van der Waals surface area (Å²) < 4.78 is 3.57. The number of hydrogen-bond acceptors (Lipinski definition) is 3. The number of nitrogens with zero attached hydrogens (tertiary/aromatic N) is 4. The number of para-hydroxylation sites is 1. The van der Waals surface area contributed by atoms with E-state index in [9.17, 15) is 4.79 Å². The van der Waals surface area contributed by atoms with Crippen LogP contribution in [0.3, 0.4) is 0 Å². The summed E-state index contributed by atoms with van der Waals surface area (Å²) in [5.74, 6) is -0.235. The highest BCUT2D eigenvalue weighted by Crippen LogP contribution is 2.28. The van der Waals surface area contributed by atoms with E-state index in [4.69, 9.17) is 16.7 Å².